The van der Waals surface area contributed by atoms with Crippen molar-refractivity contribution in [3.05, 3.63) is 108 Å². The number of ether oxygens (including phenoxy) is 1. The van der Waals surface area contributed by atoms with Gasteiger partial charge in [0.05, 0.1) is 12.8 Å². The minimum absolute atomic E-state index is 0.0223. The summed E-state index contributed by atoms with van der Waals surface area (Å²) in [6.07, 6.45) is 0.662. The molecule has 3 aromatic carbocycles. The molecule has 5 rings (SSSR count). The summed E-state index contributed by atoms with van der Waals surface area (Å²) < 4.78 is 5.31. The molecule has 1 saturated heterocycles. The molecule has 1 fully saturated rings. The fourth-order valence-electron chi connectivity index (χ4n) is 4.80. The zero-order valence-electron chi connectivity index (χ0n) is 22.6. The van der Waals surface area contributed by atoms with Gasteiger partial charge in [0.1, 0.15) is 12.3 Å². The minimum Gasteiger partial charge on any atom is -0.497 e. The van der Waals surface area contributed by atoms with Gasteiger partial charge in [-0.1, -0.05) is 66.7 Å². The number of rotatable bonds is 9. The summed E-state index contributed by atoms with van der Waals surface area (Å²) in [6.45, 7) is 2.88. The van der Waals surface area contributed by atoms with Crippen LogP contribution in [-0.4, -0.2) is 78.2 Å². The third kappa shape index (κ3) is 6.64. The first kappa shape index (κ1) is 26.9. The number of carbonyl (C=O) groups is 2. The third-order valence-corrected chi connectivity index (χ3v) is 7.12. The van der Waals surface area contributed by atoms with Gasteiger partial charge in [0, 0.05) is 43.9 Å². The maximum Gasteiger partial charge on any atom is 0.254 e. The molecule has 1 aromatic heterocycles. The molecule has 2 amide bonds. The fraction of sp³-hybridized carbons (Fsp3) is 0.250. The van der Waals surface area contributed by atoms with Gasteiger partial charge in [-0.3, -0.25) is 9.59 Å². The molecule has 1 aliphatic rings. The summed E-state index contributed by atoms with van der Waals surface area (Å²) in [5, 5.41) is 8.83. The molecule has 40 heavy (non-hydrogen) atoms. The van der Waals surface area contributed by atoms with Crippen molar-refractivity contribution in [3.63, 3.8) is 0 Å². The number of methoxy groups -OCH3 is 1. The Morgan fingerprint density at radius 3 is 2.23 bits per heavy atom. The summed E-state index contributed by atoms with van der Waals surface area (Å²) in [5.41, 5.74) is 3.47. The lowest BCUT2D eigenvalue weighted by molar-refractivity contribution is -0.132. The average Bonchev–Trinajstić information content (AvgIpc) is 3.03. The topological polar surface area (TPSA) is 78.9 Å². The highest BCUT2D eigenvalue weighted by Gasteiger charge is 2.26. The first-order valence-electron chi connectivity index (χ1n) is 13.5. The Hall–Kier alpha value is -4.72. The van der Waals surface area contributed by atoms with Crippen LogP contribution in [0.2, 0.25) is 0 Å². The Morgan fingerprint density at radius 1 is 0.825 bits per heavy atom. The van der Waals surface area contributed by atoms with Crippen LogP contribution in [-0.2, 0) is 11.2 Å². The Morgan fingerprint density at radius 2 is 1.55 bits per heavy atom. The van der Waals surface area contributed by atoms with Crippen molar-refractivity contribution in [2.75, 3.05) is 51.3 Å². The molecule has 204 valence electrons. The Balaban J connectivity index is 1.21. The molecule has 0 spiro atoms. The first-order chi connectivity index (χ1) is 19.6. The Kier molecular flexibility index (Phi) is 8.66. The largest absolute Gasteiger partial charge is 0.497 e. The van der Waals surface area contributed by atoms with Crippen LogP contribution in [0.15, 0.2) is 97.1 Å². The van der Waals surface area contributed by atoms with Crippen LogP contribution in [0.25, 0.3) is 11.3 Å². The number of anilines is 1. The number of nitrogens with zero attached hydrogens (tertiary/aromatic N) is 5. The van der Waals surface area contributed by atoms with Gasteiger partial charge < -0.3 is 19.4 Å². The lowest BCUT2D eigenvalue weighted by atomic mass is 10.1. The number of piperazine rings is 1. The van der Waals surface area contributed by atoms with E-state index in [1.54, 1.807) is 36.3 Å². The van der Waals surface area contributed by atoms with Gasteiger partial charge in [-0.15, -0.1) is 10.2 Å². The average molecular weight is 536 g/mol. The molecule has 0 saturated carbocycles. The lowest BCUT2D eigenvalue weighted by Gasteiger charge is -2.36. The SMILES string of the molecule is COc1cccc(C(=O)N(CCc2ccccc2)CC(=O)N2CCN(c3ccc(-c4ccccc4)nn3)CC2)c1. The van der Waals surface area contributed by atoms with Crippen molar-refractivity contribution in [2.24, 2.45) is 0 Å². The van der Waals surface area contributed by atoms with Gasteiger partial charge in [-0.2, -0.15) is 0 Å². The molecule has 0 radical (unpaired) electrons. The van der Waals surface area contributed by atoms with Crippen LogP contribution < -0.4 is 9.64 Å². The molecule has 1 aliphatic heterocycles. The van der Waals surface area contributed by atoms with Crippen molar-refractivity contribution in [3.8, 4) is 17.0 Å². The van der Waals surface area contributed by atoms with E-state index in [2.05, 4.69) is 15.1 Å². The second kappa shape index (κ2) is 12.9. The van der Waals surface area contributed by atoms with Crippen LogP contribution in [0, 0.1) is 0 Å². The number of aromatic nitrogens is 2. The van der Waals surface area contributed by atoms with E-state index in [0.717, 1.165) is 22.6 Å². The van der Waals surface area contributed by atoms with E-state index in [4.69, 9.17) is 4.74 Å². The van der Waals surface area contributed by atoms with Gasteiger partial charge in [0.15, 0.2) is 5.82 Å². The van der Waals surface area contributed by atoms with Crippen molar-refractivity contribution >= 4 is 17.6 Å². The summed E-state index contributed by atoms with van der Waals surface area (Å²) in [5.74, 6) is 1.16. The maximum absolute atomic E-state index is 13.5. The highest BCUT2D eigenvalue weighted by Crippen LogP contribution is 2.20. The molecule has 0 bridgehead atoms. The van der Waals surface area contributed by atoms with E-state index in [1.165, 1.54) is 0 Å². The molecule has 4 aromatic rings. The third-order valence-electron chi connectivity index (χ3n) is 7.12. The number of benzene rings is 3. The van der Waals surface area contributed by atoms with Gasteiger partial charge in [0.25, 0.3) is 5.91 Å². The summed E-state index contributed by atoms with van der Waals surface area (Å²) >= 11 is 0. The van der Waals surface area contributed by atoms with E-state index in [-0.39, 0.29) is 18.4 Å². The summed E-state index contributed by atoms with van der Waals surface area (Å²) in [4.78, 5) is 32.5. The van der Waals surface area contributed by atoms with Crippen LogP contribution in [0.3, 0.4) is 0 Å². The maximum atomic E-state index is 13.5. The quantitative estimate of drug-likeness (QED) is 0.320. The van der Waals surface area contributed by atoms with E-state index in [1.807, 2.05) is 77.7 Å². The summed E-state index contributed by atoms with van der Waals surface area (Å²) in [6, 6.07) is 31.0. The van der Waals surface area contributed by atoms with Gasteiger partial charge in [0.2, 0.25) is 5.91 Å². The number of hydrogen-bond acceptors (Lipinski definition) is 6. The van der Waals surface area contributed by atoms with Crippen molar-refractivity contribution in [2.45, 2.75) is 6.42 Å². The lowest BCUT2D eigenvalue weighted by Crippen LogP contribution is -2.52. The van der Waals surface area contributed by atoms with Crippen molar-refractivity contribution in [1.29, 1.82) is 0 Å². The Labute approximate surface area is 234 Å². The monoisotopic (exact) mass is 535 g/mol. The second-order valence-electron chi connectivity index (χ2n) is 9.70. The molecule has 0 unspecified atom stereocenters. The van der Waals surface area contributed by atoms with Crippen molar-refractivity contribution < 1.29 is 14.3 Å². The molecule has 8 nitrogen and oxygen atoms in total. The normalized spacial score (nSPS) is 13.1. The molecule has 0 N–H and O–H groups in total. The molecule has 0 aliphatic carbocycles. The van der Waals surface area contributed by atoms with Gasteiger partial charge >= 0.3 is 0 Å². The van der Waals surface area contributed by atoms with Crippen LogP contribution >= 0.6 is 0 Å². The summed E-state index contributed by atoms with van der Waals surface area (Å²) in [7, 11) is 1.57. The molecule has 8 heteroatoms. The van der Waals surface area contributed by atoms with Gasteiger partial charge in [-0.25, -0.2) is 0 Å². The highest BCUT2D eigenvalue weighted by atomic mass is 16.5. The standard InChI is InChI=1S/C32H33N5O3/c1-40-28-14-8-13-27(23-28)32(39)37(18-17-25-9-4-2-5-10-25)24-31(38)36-21-19-35(20-22-36)30-16-15-29(33-34-30)26-11-6-3-7-12-26/h2-16,23H,17-22,24H2,1H3. The molecular weight excluding hydrogens is 502 g/mol. The smallest absolute Gasteiger partial charge is 0.254 e. The van der Waals surface area contributed by atoms with Gasteiger partial charge in [-0.05, 0) is 42.3 Å². The number of carbonyl (C=O) groups excluding carboxylic acids is 2. The van der Waals surface area contributed by atoms with E-state index in [9.17, 15) is 9.59 Å². The highest BCUT2D eigenvalue weighted by molar-refractivity contribution is 5.97. The first-order valence-corrected chi connectivity index (χ1v) is 13.5. The number of hydrogen-bond donors (Lipinski definition) is 0. The molecule has 0 atom stereocenters. The van der Waals surface area contributed by atoms with E-state index in [0.29, 0.717) is 50.5 Å². The van der Waals surface area contributed by atoms with Crippen LogP contribution in [0.4, 0.5) is 5.82 Å². The van der Waals surface area contributed by atoms with Crippen LogP contribution in [0.5, 0.6) is 5.75 Å². The van der Waals surface area contributed by atoms with Crippen LogP contribution in [0.1, 0.15) is 15.9 Å². The zero-order chi connectivity index (χ0) is 27.7. The Bertz CT molecular complexity index is 1410. The van der Waals surface area contributed by atoms with E-state index >= 15 is 0 Å². The second-order valence-corrected chi connectivity index (χ2v) is 9.70. The molecular formula is C32H33N5O3. The predicted octanol–water partition coefficient (Wildman–Crippen LogP) is 4.19. The zero-order valence-corrected chi connectivity index (χ0v) is 22.6. The predicted molar refractivity (Wildman–Crippen MR) is 155 cm³/mol. The van der Waals surface area contributed by atoms with E-state index < -0.39 is 0 Å². The fourth-order valence-corrected chi connectivity index (χ4v) is 4.80. The molecule has 2 heterocycles. The minimum atomic E-state index is -0.185. The van der Waals surface area contributed by atoms with Crippen molar-refractivity contribution in [1.82, 2.24) is 20.0 Å². The number of amides is 2.